The van der Waals surface area contributed by atoms with Crippen LogP contribution in [0.2, 0.25) is 0 Å². The molecule has 0 aromatic carbocycles. The number of piperidine rings is 1. The van der Waals surface area contributed by atoms with Crippen LogP contribution in [0.1, 0.15) is 19.3 Å². The number of rotatable bonds is 4. The molecule has 20 heavy (non-hydrogen) atoms. The Balaban J connectivity index is 1.98. The summed E-state index contributed by atoms with van der Waals surface area (Å²) in [5.74, 6) is 0.477. The maximum atomic E-state index is 12.1. The van der Waals surface area contributed by atoms with Gasteiger partial charge in [0.25, 0.3) is 0 Å². The standard InChI is InChI=1S/C14H22N4O2/c1-17(2)11-16-12-6-7-15-10-13(12)20-14(19)18-8-4-3-5-9-18/h6-7,10H,3-5,8-9,11H2,1-2H3,(H,15,16). The van der Waals surface area contributed by atoms with Gasteiger partial charge in [0.1, 0.15) is 0 Å². The zero-order valence-electron chi connectivity index (χ0n) is 12.1. The highest BCUT2D eigenvalue weighted by Gasteiger charge is 2.19. The molecule has 6 nitrogen and oxygen atoms in total. The van der Waals surface area contributed by atoms with Gasteiger partial charge in [0.2, 0.25) is 0 Å². The molecule has 1 fully saturated rings. The van der Waals surface area contributed by atoms with Crippen molar-refractivity contribution in [2.45, 2.75) is 19.3 Å². The van der Waals surface area contributed by atoms with Crippen molar-refractivity contribution in [1.82, 2.24) is 14.8 Å². The number of carbonyl (C=O) groups is 1. The lowest BCUT2D eigenvalue weighted by molar-refractivity contribution is 0.142. The summed E-state index contributed by atoms with van der Waals surface area (Å²) in [4.78, 5) is 19.9. The van der Waals surface area contributed by atoms with Crippen molar-refractivity contribution in [1.29, 1.82) is 0 Å². The summed E-state index contributed by atoms with van der Waals surface area (Å²) < 4.78 is 5.46. The molecule has 0 spiro atoms. The molecule has 1 aliphatic rings. The molecule has 0 unspecified atom stereocenters. The van der Waals surface area contributed by atoms with Crippen LogP contribution in [0, 0.1) is 0 Å². The number of nitrogens with zero attached hydrogens (tertiary/aromatic N) is 3. The van der Waals surface area contributed by atoms with Crippen LogP contribution in [0.15, 0.2) is 18.5 Å². The number of nitrogens with one attached hydrogen (secondary N) is 1. The molecule has 1 saturated heterocycles. The minimum atomic E-state index is -0.286. The zero-order valence-corrected chi connectivity index (χ0v) is 12.1. The molecule has 1 aliphatic heterocycles. The van der Waals surface area contributed by atoms with E-state index in [1.807, 2.05) is 25.1 Å². The average molecular weight is 278 g/mol. The lowest BCUT2D eigenvalue weighted by Gasteiger charge is -2.26. The van der Waals surface area contributed by atoms with E-state index in [0.717, 1.165) is 31.6 Å². The molecule has 1 aromatic rings. The number of carbonyl (C=O) groups excluding carboxylic acids is 1. The lowest BCUT2D eigenvalue weighted by atomic mass is 10.1. The molecular weight excluding hydrogens is 256 g/mol. The maximum Gasteiger partial charge on any atom is 0.415 e. The van der Waals surface area contributed by atoms with Gasteiger partial charge in [-0.3, -0.25) is 9.88 Å². The van der Waals surface area contributed by atoms with E-state index < -0.39 is 0 Å². The quantitative estimate of drug-likeness (QED) is 0.854. The van der Waals surface area contributed by atoms with Gasteiger partial charge in [0.05, 0.1) is 18.6 Å². The fourth-order valence-electron chi connectivity index (χ4n) is 2.09. The number of aromatic nitrogens is 1. The number of likely N-dealkylation sites (tertiary alicyclic amines) is 1. The second-order valence-electron chi connectivity index (χ2n) is 5.20. The fourth-order valence-corrected chi connectivity index (χ4v) is 2.09. The van der Waals surface area contributed by atoms with Crippen molar-refractivity contribution in [2.24, 2.45) is 0 Å². The first kappa shape index (κ1) is 14.6. The third-order valence-electron chi connectivity index (χ3n) is 3.18. The van der Waals surface area contributed by atoms with Gasteiger partial charge in [-0.25, -0.2) is 4.79 Å². The summed E-state index contributed by atoms with van der Waals surface area (Å²) >= 11 is 0. The van der Waals surface area contributed by atoms with Crippen LogP contribution < -0.4 is 10.1 Å². The smallest absolute Gasteiger partial charge is 0.406 e. The monoisotopic (exact) mass is 278 g/mol. The number of hydrogen-bond acceptors (Lipinski definition) is 5. The first-order valence-electron chi connectivity index (χ1n) is 6.96. The third-order valence-corrected chi connectivity index (χ3v) is 3.18. The number of pyridine rings is 1. The molecular formula is C14H22N4O2. The van der Waals surface area contributed by atoms with Gasteiger partial charge in [-0.05, 0) is 39.4 Å². The molecule has 1 N–H and O–H groups in total. The topological polar surface area (TPSA) is 57.7 Å². The fraction of sp³-hybridized carbons (Fsp3) is 0.571. The highest BCUT2D eigenvalue weighted by molar-refractivity contribution is 5.73. The predicted octanol–water partition coefficient (Wildman–Crippen LogP) is 2.00. The lowest BCUT2D eigenvalue weighted by Crippen LogP contribution is -2.37. The van der Waals surface area contributed by atoms with E-state index in [-0.39, 0.29) is 6.09 Å². The Bertz CT molecular complexity index is 445. The van der Waals surface area contributed by atoms with E-state index in [2.05, 4.69) is 10.3 Å². The summed E-state index contributed by atoms with van der Waals surface area (Å²) in [6, 6.07) is 1.81. The minimum Gasteiger partial charge on any atom is -0.406 e. The summed E-state index contributed by atoms with van der Waals surface area (Å²) in [6.45, 7) is 2.22. The molecule has 0 aliphatic carbocycles. The molecule has 2 heterocycles. The maximum absolute atomic E-state index is 12.1. The molecule has 0 atom stereocenters. The van der Waals surface area contributed by atoms with Gasteiger partial charge in [-0.15, -0.1) is 0 Å². The molecule has 0 bridgehead atoms. The largest absolute Gasteiger partial charge is 0.415 e. The second kappa shape index (κ2) is 7.09. The molecule has 6 heteroatoms. The van der Waals surface area contributed by atoms with Crippen molar-refractivity contribution in [3.8, 4) is 5.75 Å². The van der Waals surface area contributed by atoms with Crippen LogP contribution in [0.3, 0.4) is 0 Å². The van der Waals surface area contributed by atoms with Crippen LogP contribution in [-0.4, -0.2) is 54.7 Å². The van der Waals surface area contributed by atoms with Crippen molar-refractivity contribution in [3.05, 3.63) is 18.5 Å². The molecule has 1 aromatic heterocycles. The van der Waals surface area contributed by atoms with E-state index in [1.54, 1.807) is 17.3 Å². The van der Waals surface area contributed by atoms with E-state index in [1.165, 1.54) is 6.42 Å². The van der Waals surface area contributed by atoms with Crippen molar-refractivity contribution in [2.75, 3.05) is 39.2 Å². The van der Waals surface area contributed by atoms with Crippen LogP contribution in [0.5, 0.6) is 5.75 Å². The summed E-state index contributed by atoms with van der Waals surface area (Å²) in [5, 5.41) is 3.21. The zero-order chi connectivity index (χ0) is 14.4. The normalized spacial score (nSPS) is 15.2. The molecule has 1 amide bonds. The Morgan fingerprint density at radius 1 is 1.40 bits per heavy atom. The second-order valence-corrected chi connectivity index (χ2v) is 5.20. The van der Waals surface area contributed by atoms with Crippen molar-refractivity contribution in [3.63, 3.8) is 0 Å². The summed E-state index contributed by atoms with van der Waals surface area (Å²) in [6.07, 6.45) is 6.25. The first-order valence-corrected chi connectivity index (χ1v) is 6.96. The van der Waals surface area contributed by atoms with E-state index in [4.69, 9.17) is 4.74 Å². The highest BCUT2D eigenvalue weighted by Crippen LogP contribution is 2.23. The Labute approximate surface area is 119 Å². The Hall–Kier alpha value is -1.82. The van der Waals surface area contributed by atoms with Crippen LogP contribution in [-0.2, 0) is 0 Å². The van der Waals surface area contributed by atoms with E-state index in [9.17, 15) is 4.79 Å². The number of amides is 1. The average Bonchev–Trinajstić information content (AvgIpc) is 2.47. The molecule has 0 saturated carbocycles. The van der Waals surface area contributed by atoms with Gasteiger partial charge in [-0.1, -0.05) is 0 Å². The van der Waals surface area contributed by atoms with Gasteiger partial charge in [-0.2, -0.15) is 0 Å². The van der Waals surface area contributed by atoms with Crippen LogP contribution in [0.4, 0.5) is 10.5 Å². The molecule has 110 valence electrons. The number of hydrogen-bond donors (Lipinski definition) is 1. The van der Waals surface area contributed by atoms with Gasteiger partial charge in [0.15, 0.2) is 5.75 Å². The van der Waals surface area contributed by atoms with Crippen molar-refractivity contribution < 1.29 is 9.53 Å². The van der Waals surface area contributed by atoms with Gasteiger partial charge >= 0.3 is 6.09 Å². The molecule has 0 radical (unpaired) electrons. The first-order chi connectivity index (χ1) is 9.66. The molecule has 2 rings (SSSR count). The Kier molecular flexibility index (Phi) is 5.17. The minimum absolute atomic E-state index is 0.286. The van der Waals surface area contributed by atoms with E-state index in [0.29, 0.717) is 12.4 Å². The van der Waals surface area contributed by atoms with E-state index >= 15 is 0 Å². The number of ether oxygens (including phenoxy) is 1. The third kappa shape index (κ3) is 4.09. The highest BCUT2D eigenvalue weighted by atomic mass is 16.6. The van der Waals surface area contributed by atoms with Crippen molar-refractivity contribution >= 4 is 11.8 Å². The summed E-state index contributed by atoms with van der Waals surface area (Å²) in [5.41, 5.74) is 0.777. The van der Waals surface area contributed by atoms with Gasteiger partial charge < -0.3 is 15.0 Å². The predicted molar refractivity (Wildman–Crippen MR) is 77.9 cm³/mol. The summed E-state index contributed by atoms with van der Waals surface area (Å²) in [7, 11) is 3.93. The SMILES string of the molecule is CN(C)CNc1ccncc1OC(=O)N1CCCCC1. The van der Waals surface area contributed by atoms with Crippen LogP contribution in [0.25, 0.3) is 0 Å². The number of anilines is 1. The Morgan fingerprint density at radius 3 is 2.85 bits per heavy atom. The Morgan fingerprint density at radius 2 is 2.15 bits per heavy atom. The van der Waals surface area contributed by atoms with Gasteiger partial charge in [0, 0.05) is 19.3 Å². The van der Waals surface area contributed by atoms with Crippen LogP contribution >= 0.6 is 0 Å².